The van der Waals surface area contributed by atoms with E-state index in [1.807, 2.05) is 42.5 Å². The summed E-state index contributed by atoms with van der Waals surface area (Å²) in [7, 11) is 1.64. The number of methoxy groups -OCH3 is 1. The second-order valence-corrected chi connectivity index (χ2v) is 6.07. The highest BCUT2D eigenvalue weighted by atomic mass is 16.5. The van der Waals surface area contributed by atoms with Gasteiger partial charge in [0.25, 0.3) is 0 Å². The zero-order valence-corrected chi connectivity index (χ0v) is 15.4. The molecule has 0 aliphatic rings. The molecule has 2 rings (SSSR count). The van der Waals surface area contributed by atoms with Gasteiger partial charge in [-0.25, -0.2) is 4.79 Å². The van der Waals surface area contributed by atoms with Crippen molar-refractivity contribution in [1.29, 1.82) is 0 Å². The lowest BCUT2D eigenvalue weighted by molar-refractivity contribution is -0.131. The maximum absolute atomic E-state index is 10.6. The van der Waals surface area contributed by atoms with Crippen molar-refractivity contribution in [2.24, 2.45) is 0 Å². The molecule has 0 atom stereocenters. The van der Waals surface area contributed by atoms with E-state index in [4.69, 9.17) is 14.6 Å². The third-order valence-corrected chi connectivity index (χ3v) is 4.08. The minimum atomic E-state index is -0.955. The monoisotopic (exact) mass is 354 g/mol. The first-order valence-corrected chi connectivity index (χ1v) is 8.96. The Balaban J connectivity index is 2.07. The van der Waals surface area contributed by atoms with Crippen LogP contribution in [-0.4, -0.2) is 24.8 Å². The van der Waals surface area contributed by atoms with Crippen LogP contribution in [0.1, 0.15) is 38.2 Å². The highest BCUT2D eigenvalue weighted by Gasteiger charge is 2.07. The molecule has 4 nitrogen and oxygen atoms in total. The Morgan fingerprint density at radius 2 is 1.73 bits per heavy atom. The lowest BCUT2D eigenvalue weighted by Gasteiger charge is -2.12. The van der Waals surface area contributed by atoms with Crippen LogP contribution in [0.2, 0.25) is 0 Å². The fraction of sp³-hybridized carbons (Fsp3) is 0.318. The van der Waals surface area contributed by atoms with Crippen molar-refractivity contribution in [2.45, 2.75) is 32.6 Å². The number of carbonyl (C=O) groups is 1. The van der Waals surface area contributed by atoms with Crippen LogP contribution in [0.5, 0.6) is 11.5 Å². The molecule has 0 unspecified atom stereocenters. The number of benzene rings is 2. The topological polar surface area (TPSA) is 55.8 Å². The van der Waals surface area contributed by atoms with E-state index in [-0.39, 0.29) is 0 Å². The lowest BCUT2D eigenvalue weighted by Crippen LogP contribution is -1.99. The molecule has 0 aromatic heterocycles. The number of aliphatic carboxylic acids is 1. The molecule has 0 saturated heterocycles. The first-order chi connectivity index (χ1) is 12.6. The summed E-state index contributed by atoms with van der Waals surface area (Å²) in [6, 6.07) is 13.6. The van der Waals surface area contributed by atoms with E-state index in [9.17, 15) is 4.79 Å². The fourth-order valence-corrected chi connectivity index (χ4v) is 2.63. The maximum atomic E-state index is 10.6. The summed E-state index contributed by atoms with van der Waals surface area (Å²) < 4.78 is 11.3. The van der Waals surface area contributed by atoms with Gasteiger partial charge >= 0.3 is 5.97 Å². The van der Waals surface area contributed by atoms with Crippen LogP contribution in [-0.2, 0) is 4.79 Å². The molecule has 0 heterocycles. The van der Waals surface area contributed by atoms with E-state index in [2.05, 4.69) is 6.92 Å². The summed E-state index contributed by atoms with van der Waals surface area (Å²) in [6.07, 6.45) is 7.37. The molecule has 2 aromatic carbocycles. The standard InChI is InChI=1S/C22H26O4/c1-3-4-5-6-15-26-20-13-12-19(16-21(20)25-2)18-10-7-17(8-11-18)9-14-22(23)24/h7-14,16H,3-6,15H2,1-2H3,(H,23,24)/b14-9+. The summed E-state index contributed by atoms with van der Waals surface area (Å²) >= 11 is 0. The van der Waals surface area contributed by atoms with Crippen molar-refractivity contribution in [1.82, 2.24) is 0 Å². The highest BCUT2D eigenvalue weighted by molar-refractivity contribution is 5.85. The number of hydrogen-bond acceptors (Lipinski definition) is 3. The normalized spacial score (nSPS) is 10.8. The molecule has 138 valence electrons. The van der Waals surface area contributed by atoms with Crippen LogP contribution in [0.3, 0.4) is 0 Å². The minimum Gasteiger partial charge on any atom is -0.493 e. The van der Waals surface area contributed by atoms with Gasteiger partial charge in [-0.15, -0.1) is 0 Å². The predicted molar refractivity (Wildman–Crippen MR) is 105 cm³/mol. The molecular formula is C22H26O4. The summed E-state index contributed by atoms with van der Waals surface area (Å²) in [6.45, 7) is 2.89. The molecule has 0 saturated carbocycles. The zero-order chi connectivity index (χ0) is 18.8. The second-order valence-electron chi connectivity index (χ2n) is 6.07. The van der Waals surface area contributed by atoms with E-state index >= 15 is 0 Å². The van der Waals surface area contributed by atoms with Crippen molar-refractivity contribution in [2.75, 3.05) is 13.7 Å². The third kappa shape index (κ3) is 5.96. The summed E-state index contributed by atoms with van der Waals surface area (Å²) in [4.78, 5) is 10.6. The van der Waals surface area contributed by atoms with Gasteiger partial charge in [0.05, 0.1) is 13.7 Å². The van der Waals surface area contributed by atoms with Crippen LogP contribution in [0.15, 0.2) is 48.5 Å². The summed E-state index contributed by atoms with van der Waals surface area (Å²) in [5.74, 6) is 0.519. The molecule has 0 aliphatic heterocycles. The van der Waals surface area contributed by atoms with Crippen LogP contribution in [0.25, 0.3) is 17.2 Å². The second kappa shape index (κ2) is 10.3. The van der Waals surface area contributed by atoms with Crippen LogP contribution < -0.4 is 9.47 Å². The molecule has 4 heteroatoms. The largest absolute Gasteiger partial charge is 0.493 e. The van der Waals surface area contributed by atoms with E-state index in [0.29, 0.717) is 12.4 Å². The molecule has 0 fully saturated rings. The van der Waals surface area contributed by atoms with Gasteiger partial charge in [0.1, 0.15) is 0 Å². The minimum absolute atomic E-state index is 0.695. The van der Waals surface area contributed by atoms with Gasteiger partial charge in [-0.05, 0) is 41.3 Å². The third-order valence-electron chi connectivity index (χ3n) is 4.08. The smallest absolute Gasteiger partial charge is 0.328 e. The van der Waals surface area contributed by atoms with Crippen molar-refractivity contribution in [3.8, 4) is 22.6 Å². The lowest BCUT2D eigenvalue weighted by atomic mass is 10.0. The average molecular weight is 354 g/mol. The Labute approximate surface area is 155 Å². The molecule has 0 aliphatic carbocycles. The van der Waals surface area contributed by atoms with Crippen LogP contribution in [0.4, 0.5) is 0 Å². The summed E-state index contributed by atoms with van der Waals surface area (Å²) in [5.41, 5.74) is 2.90. The molecule has 1 N–H and O–H groups in total. The maximum Gasteiger partial charge on any atom is 0.328 e. The average Bonchev–Trinajstić information content (AvgIpc) is 2.66. The highest BCUT2D eigenvalue weighted by Crippen LogP contribution is 2.32. The van der Waals surface area contributed by atoms with Gasteiger partial charge in [-0.2, -0.15) is 0 Å². The first-order valence-electron chi connectivity index (χ1n) is 8.96. The Morgan fingerprint density at radius 3 is 2.38 bits per heavy atom. The van der Waals surface area contributed by atoms with Gasteiger partial charge in [-0.1, -0.05) is 56.5 Å². The van der Waals surface area contributed by atoms with Crippen molar-refractivity contribution in [3.05, 3.63) is 54.1 Å². The van der Waals surface area contributed by atoms with Crippen LogP contribution >= 0.6 is 0 Å². The quantitative estimate of drug-likeness (QED) is 0.457. The molecule has 0 spiro atoms. The van der Waals surface area contributed by atoms with E-state index in [0.717, 1.165) is 34.9 Å². The van der Waals surface area contributed by atoms with Gasteiger partial charge in [0, 0.05) is 6.08 Å². The van der Waals surface area contributed by atoms with Crippen LogP contribution in [0, 0.1) is 0 Å². The van der Waals surface area contributed by atoms with Gasteiger partial charge < -0.3 is 14.6 Å². The molecule has 2 aromatic rings. The van der Waals surface area contributed by atoms with E-state index in [1.54, 1.807) is 13.2 Å². The Bertz CT molecular complexity index is 732. The van der Waals surface area contributed by atoms with Gasteiger partial charge in [0.2, 0.25) is 0 Å². The fourth-order valence-electron chi connectivity index (χ4n) is 2.63. The number of carboxylic acid groups (broad SMARTS) is 1. The number of ether oxygens (including phenoxy) is 2. The molecule has 0 amide bonds. The number of unbranched alkanes of at least 4 members (excludes halogenated alkanes) is 3. The molecular weight excluding hydrogens is 328 g/mol. The Hall–Kier alpha value is -2.75. The van der Waals surface area contributed by atoms with E-state index < -0.39 is 5.97 Å². The van der Waals surface area contributed by atoms with Crippen molar-refractivity contribution >= 4 is 12.0 Å². The zero-order valence-electron chi connectivity index (χ0n) is 15.4. The van der Waals surface area contributed by atoms with Crippen molar-refractivity contribution in [3.63, 3.8) is 0 Å². The number of hydrogen-bond donors (Lipinski definition) is 1. The molecule has 26 heavy (non-hydrogen) atoms. The summed E-state index contributed by atoms with van der Waals surface area (Å²) in [5, 5.41) is 8.68. The Morgan fingerprint density at radius 1 is 1.00 bits per heavy atom. The van der Waals surface area contributed by atoms with E-state index in [1.165, 1.54) is 19.3 Å². The molecule has 0 bridgehead atoms. The van der Waals surface area contributed by atoms with Gasteiger partial charge in [0.15, 0.2) is 11.5 Å². The predicted octanol–water partition coefficient (Wildman–Crippen LogP) is 5.42. The van der Waals surface area contributed by atoms with Crippen molar-refractivity contribution < 1.29 is 19.4 Å². The Kier molecular flexibility index (Phi) is 7.75. The number of carboxylic acids is 1. The van der Waals surface area contributed by atoms with Gasteiger partial charge in [-0.3, -0.25) is 0 Å². The first kappa shape index (κ1) is 19.6. The number of rotatable bonds is 10. The SMILES string of the molecule is CCCCCCOc1ccc(-c2ccc(/C=C/C(=O)O)cc2)cc1OC. The molecule has 0 radical (unpaired) electrons.